The molecule has 1 fully saturated rings. The van der Waals surface area contributed by atoms with E-state index in [1.807, 2.05) is 43.3 Å². The summed E-state index contributed by atoms with van der Waals surface area (Å²) in [6, 6.07) is 11.3. The number of hydrogen-bond donors (Lipinski definition) is 1. The molecule has 2 aromatic heterocycles. The molecule has 0 bridgehead atoms. The van der Waals surface area contributed by atoms with Gasteiger partial charge in [-0.3, -0.25) is 4.79 Å². The maximum Gasteiger partial charge on any atom is 0.227 e. The van der Waals surface area contributed by atoms with Gasteiger partial charge in [-0.2, -0.15) is 5.10 Å². The van der Waals surface area contributed by atoms with Crippen LogP contribution in [0.25, 0.3) is 5.82 Å². The van der Waals surface area contributed by atoms with Crippen molar-refractivity contribution in [3.63, 3.8) is 0 Å². The number of carbonyl (C=O) groups excluding carboxylic acids is 1. The van der Waals surface area contributed by atoms with Crippen molar-refractivity contribution in [3.05, 3.63) is 49.1 Å². The predicted molar refractivity (Wildman–Crippen MR) is 108 cm³/mol. The topological polar surface area (TPSA) is 98.1 Å². The third-order valence-electron chi connectivity index (χ3n) is 4.92. The Kier molecular flexibility index (Phi) is 5.64. The minimum Gasteiger partial charge on any atom is -0.492 e. The number of ether oxygens (including phenoxy) is 1. The molecule has 3 aromatic rings. The molecule has 0 unspecified atom stereocenters. The smallest absolute Gasteiger partial charge is 0.227 e. The van der Waals surface area contributed by atoms with Crippen LogP contribution in [0.2, 0.25) is 0 Å². The summed E-state index contributed by atoms with van der Waals surface area (Å²) in [7, 11) is 0. The summed E-state index contributed by atoms with van der Waals surface area (Å²) in [6.45, 7) is 3.99. The van der Waals surface area contributed by atoms with Crippen LogP contribution in [0.4, 0.5) is 11.5 Å². The predicted octanol–water partition coefficient (Wildman–Crippen LogP) is 2.31. The fourth-order valence-electron chi connectivity index (χ4n) is 3.39. The molecule has 9 heteroatoms. The zero-order valence-corrected chi connectivity index (χ0v) is 16.2. The van der Waals surface area contributed by atoms with Gasteiger partial charge in [0, 0.05) is 19.0 Å². The largest absolute Gasteiger partial charge is 0.492 e. The van der Waals surface area contributed by atoms with Gasteiger partial charge in [0.1, 0.15) is 18.4 Å². The molecule has 29 heavy (non-hydrogen) atoms. The molecule has 0 radical (unpaired) electrons. The number of nitrogens with zero attached hydrogens (tertiary/aromatic N) is 6. The van der Waals surface area contributed by atoms with E-state index in [1.54, 1.807) is 11.0 Å². The van der Waals surface area contributed by atoms with Crippen molar-refractivity contribution < 1.29 is 9.53 Å². The zero-order chi connectivity index (χ0) is 20.1. The lowest BCUT2D eigenvalue weighted by atomic mass is 9.95. The Bertz CT molecular complexity index is 936. The van der Waals surface area contributed by atoms with Crippen molar-refractivity contribution in [1.29, 1.82) is 0 Å². The van der Waals surface area contributed by atoms with Crippen LogP contribution in [0.1, 0.15) is 19.8 Å². The van der Waals surface area contributed by atoms with Gasteiger partial charge in [0.15, 0.2) is 11.6 Å². The molecule has 9 nitrogen and oxygen atoms in total. The maximum atomic E-state index is 12.7. The normalized spacial score (nSPS) is 14.6. The minimum atomic E-state index is -0.0386. The molecule has 0 saturated carbocycles. The second-order valence-corrected chi connectivity index (χ2v) is 6.77. The average molecular weight is 393 g/mol. The summed E-state index contributed by atoms with van der Waals surface area (Å²) in [6.07, 6.45) is 4.56. The Balaban J connectivity index is 1.34. The molecular weight excluding hydrogens is 370 g/mol. The van der Waals surface area contributed by atoms with Gasteiger partial charge in [0.2, 0.25) is 5.91 Å². The SMILES string of the molecule is CCOc1ccccc1NC(=O)C1CCN(c2ccc(-n3cncn3)nn2)CC1. The molecule has 0 atom stereocenters. The molecule has 0 spiro atoms. The summed E-state index contributed by atoms with van der Waals surface area (Å²) in [5.74, 6) is 2.11. The number of para-hydroxylation sites is 2. The molecular formula is C20H23N7O2. The third-order valence-corrected chi connectivity index (χ3v) is 4.92. The van der Waals surface area contributed by atoms with Crippen LogP contribution in [-0.4, -0.2) is 50.6 Å². The fourth-order valence-corrected chi connectivity index (χ4v) is 3.39. The Hall–Kier alpha value is -3.49. The standard InChI is InChI=1S/C20H23N7O2/c1-2-29-17-6-4-3-5-16(17)23-20(28)15-9-11-26(12-10-15)18-7-8-19(25-24-18)27-14-21-13-22-27/h3-8,13-15H,2,9-12H2,1H3,(H,23,28). The van der Waals surface area contributed by atoms with Gasteiger partial charge < -0.3 is 15.0 Å². The van der Waals surface area contributed by atoms with E-state index < -0.39 is 0 Å². The first kappa shape index (κ1) is 18.9. The highest BCUT2D eigenvalue weighted by atomic mass is 16.5. The molecule has 1 saturated heterocycles. The average Bonchev–Trinajstić information content (AvgIpc) is 3.30. The first-order chi connectivity index (χ1) is 14.2. The Morgan fingerprint density at radius 2 is 1.90 bits per heavy atom. The van der Waals surface area contributed by atoms with Crippen LogP contribution in [0.3, 0.4) is 0 Å². The molecule has 1 N–H and O–H groups in total. The summed E-state index contributed by atoms with van der Waals surface area (Å²) < 4.78 is 7.15. The Labute approximate surface area is 168 Å². The number of piperidine rings is 1. The number of anilines is 2. The van der Waals surface area contributed by atoms with Gasteiger partial charge in [-0.1, -0.05) is 12.1 Å². The number of nitrogens with one attached hydrogen (secondary N) is 1. The van der Waals surface area contributed by atoms with Crippen molar-refractivity contribution >= 4 is 17.4 Å². The van der Waals surface area contributed by atoms with E-state index in [0.717, 1.165) is 37.4 Å². The zero-order valence-electron chi connectivity index (χ0n) is 16.2. The van der Waals surface area contributed by atoms with Gasteiger partial charge >= 0.3 is 0 Å². The lowest BCUT2D eigenvalue weighted by molar-refractivity contribution is -0.120. The van der Waals surface area contributed by atoms with Crippen molar-refractivity contribution in [3.8, 4) is 11.6 Å². The molecule has 1 aliphatic rings. The second kappa shape index (κ2) is 8.68. The van der Waals surface area contributed by atoms with Gasteiger partial charge in [-0.15, -0.1) is 10.2 Å². The van der Waals surface area contributed by atoms with Crippen molar-refractivity contribution in [1.82, 2.24) is 25.0 Å². The molecule has 150 valence electrons. The summed E-state index contributed by atoms with van der Waals surface area (Å²) >= 11 is 0. The first-order valence-electron chi connectivity index (χ1n) is 9.71. The van der Waals surface area contributed by atoms with Crippen molar-refractivity contribution in [2.75, 3.05) is 29.9 Å². The number of carbonyl (C=O) groups is 1. The fraction of sp³-hybridized carbons (Fsp3) is 0.350. The second-order valence-electron chi connectivity index (χ2n) is 6.77. The Morgan fingerprint density at radius 1 is 1.14 bits per heavy atom. The van der Waals surface area contributed by atoms with Crippen LogP contribution >= 0.6 is 0 Å². The van der Waals surface area contributed by atoms with E-state index >= 15 is 0 Å². The van der Waals surface area contributed by atoms with Crippen LogP contribution in [-0.2, 0) is 4.79 Å². The van der Waals surface area contributed by atoms with Gasteiger partial charge in [0.05, 0.1) is 12.3 Å². The van der Waals surface area contributed by atoms with Crippen LogP contribution in [0, 0.1) is 5.92 Å². The van der Waals surface area contributed by atoms with E-state index in [4.69, 9.17) is 4.74 Å². The lowest BCUT2D eigenvalue weighted by Crippen LogP contribution is -2.38. The summed E-state index contributed by atoms with van der Waals surface area (Å²) in [5, 5.41) is 15.6. The highest BCUT2D eigenvalue weighted by Crippen LogP contribution is 2.27. The van der Waals surface area contributed by atoms with Gasteiger partial charge in [-0.25, -0.2) is 9.67 Å². The number of aromatic nitrogens is 5. The van der Waals surface area contributed by atoms with Gasteiger partial charge in [0.25, 0.3) is 0 Å². The van der Waals surface area contributed by atoms with E-state index in [1.165, 1.54) is 6.33 Å². The van der Waals surface area contributed by atoms with Crippen LogP contribution < -0.4 is 15.0 Å². The molecule has 0 aliphatic carbocycles. The third kappa shape index (κ3) is 4.34. The number of amides is 1. The first-order valence-corrected chi connectivity index (χ1v) is 9.71. The monoisotopic (exact) mass is 393 g/mol. The quantitative estimate of drug-likeness (QED) is 0.686. The number of hydrogen-bond acceptors (Lipinski definition) is 7. The van der Waals surface area contributed by atoms with E-state index in [2.05, 4.69) is 30.5 Å². The Morgan fingerprint density at radius 3 is 2.59 bits per heavy atom. The molecule has 3 heterocycles. The summed E-state index contributed by atoms with van der Waals surface area (Å²) in [4.78, 5) is 18.8. The highest BCUT2D eigenvalue weighted by molar-refractivity contribution is 5.94. The molecule has 4 rings (SSSR count). The van der Waals surface area contributed by atoms with Crippen LogP contribution in [0.5, 0.6) is 5.75 Å². The lowest BCUT2D eigenvalue weighted by Gasteiger charge is -2.31. The number of benzene rings is 1. The maximum absolute atomic E-state index is 12.7. The molecule has 1 aliphatic heterocycles. The van der Waals surface area contributed by atoms with Gasteiger partial charge in [-0.05, 0) is 44.0 Å². The number of rotatable bonds is 6. The van der Waals surface area contributed by atoms with E-state index in [0.29, 0.717) is 18.2 Å². The van der Waals surface area contributed by atoms with Crippen LogP contribution in [0.15, 0.2) is 49.1 Å². The minimum absolute atomic E-state index is 0.0319. The van der Waals surface area contributed by atoms with Crippen molar-refractivity contribution in [2.24, 2.45) is 5.92 Å². The highest BCUT2D eigenvalue weighted by Gasteiger charge is 2.26. The van der Waals surface area contributed by atoms with Crippen molar-refractivity contribution in [2.45, 2.75) is 19.8 Å². The van der Waals surface area contributed by atoms with E-state index in [-0.39, 0.29) is 11.8 Å². The van der Waals surface area contributed by atoms with E-state index in [9.17, 15) is 4.79 Å². The molecule has 1 amide bonds. The molecule has 1 aromatic carbocycles. The summed E-state index contributed by atoms with van der Waals surface area (Å²) in [5.41, 5.74) is 0.719.